The number of carboxylic acids is 1. The number of unbranched alkanes of at least 4 members (excludes halogenated alkanes) is 4. The van der Waals surface area contributed by atoms with Gasteiger partial charge in [0.25, 0.3) is 0 Å². The Balaban J connectivity index is 2.19. The second-order valence-electron chi connectivity index (χ2n) is 7.49. The molecule has 0 aliphatic heterocycles. The van der Waals surface area contributed by atoms with Crippen molar-refractivity contribution >= 4 is 5.97 Å². The SMILES string of the molecule is CCCCC/C=C\CC[C@@H](/C=C/[C@H](O)C/C=C\CCCC(=O)O)C1CC1. The van der Waals surface area contributed by atoms with Crippen molar-refractivity contribution in [2.45, 2.75) is 90.1 Å². The van der Waals surface area contributed by atoms with Crippen molar-refractivity contribution in [3.8, 4) is 0 Å². The Hall–Kier alpha value is -1.35. The summed E-state index contributed by atoms with van der Waals surface area (Å²) < 4.78 is 0. The predicted octanol–water partition coefficient (Wildman–Crippen LogP) is 6.05. The largest absolute Gasteiger partial charge is 0.481 e. The lowest BCUT2D eigenvalue weighted by molar-refractivity contribution is -0.137. The summed E-state index contributed by atoms with van der Waals surface area (Å²) in [6.45, 7) is 2.24. The number of allylic oxidation sites excluding steroid dienone is 4. The zero-order valence-corrected chi connectivity index (χ0v) is 16.5. The third-order valence-electron chi connectivity index (χ3n) is 4.92. The molecule has 0 saturated heterocycles. The number of rotatable bonds is 16. The summed E-state index contributed by atoms with van der Waals surface area (Å²) in [7, 11) is 0. The average molecular weight is 363 g/mol. The monoisotopic (exact) mass is 362 g/mol. The van der Waals surface area contributed by atoms with Gasteiger partial charge in [-0.3, -0.25) is 4.79 Å². The number of aliphatic hydroxyl groups excluding tert-OH is 1. The maximum atomic E-state index is 10.4. The Morgan fingerprint density at radius 1 is 1.00 bits per heavy atom. The van der Waals surface area contributed by atoms with E-state index in [1.807, 2.05) is 18.2 Å². The van der Waals surface area contributed by atoms with Crippen LogP contribution in [0.25, 0.3) is 0 Å². The predicted molar refractivity (Wildman–Crippen MR) is 109 cm³/mol. The van der Waals surface area contributed by atoms with E-state index in [1.165, 1.54) is 44.9 Å². The van der Waals surface area contributed by atoms with Crippen molar-refractivity contribution in [3.05, 3.63) is 36.5 Å². The fourth-order valence-corrected chi connectivity index (χ4v) is 3.12. The van der Waals surface area contributed by atoms with Crippen molar-refractivity contribution in [2.24, 2.45) is 11.8 Å². The minimum Gasteiger partial charge on any atom is -0.481 e. The molecular weight excluding hydrogens is 324 g/mol. The molecule has 3 nitrogen and oxygen atoms in total. The molecule has 0 unspecified atom stereocenters. The summed E-state index contributed by atoms with van der Waals surface area (Å²) in [5, 5.41) is 18.7. The molecule has 0 aromatic carbocycles. The molecule has 148 valence electrons. The summed E-state index contributed by atoms with van der Waals surface area (Å²) in [5.74, 6) is 0.672. The molecule has 0 bridgehead atoms. The number of hydrogen-bond donors (Lipinski definition) is 2. The lowest BCUT2D eigenvalue weighted by Crippen LogP contribution is -2.04. The van der Waals surface area contributed by atoms with E-state index in [2.05, 4.69) is 25.2 Å². The minimum absolute atomic E-state index is 0.211. The molecule has 3 heteroatoms. The van der Waals surface area contributed by atoms with Crippen LogP contribution in [0, 0.1) is 11.8 Å². The fourth-order valence-electron chi connectivity index (χ4n) is 3.12. The molecule has 2 atom stereocenters. The van der Waals surface area contributed by atoms with Gasteiger partial charge in [-0.2, -0.15) is 0 Å². The van der Waals surface area contributed by atoms with Crippen molar-refractivity contribution in [1.29, 1.82) is 0 Å². The topological polar surface area (TPSA) is 57.5 Å². The summed E-state index contributed by atoms with van der Waals surface area (Å²) in [6.07, 6.45) is 24.7. The quantitative estimate of drug-likeness (QED) is 0.260. The third kappa shape index (κ3) is 12.9. The maximum Gasteiger partial charge on any atom is 0.303 e. The van der Waals surface area contributed by atoms with E-state index in [-0.39, 0.29) is 6.42 Å². The molecule has 2 N–H and O–H groups in total. The van der Waals surface area contributed by atoms with Gasteiger partial charge in [-0.1, -0.05) is 56.2 Å². The Morgan fingerprint density at radius 3 is 2.38 bits per heavy atom. The standard InChI is InChI=1S/C23H38O3/c1-2-3-4-5-6-7-10-13-20(21-16-17-21)18-19-22(24)14-11-8-9-12-15-23(25)26/h6-8,11,18-22,24H,2-5,9-10,12-17H2,1H3,(H,25,26)/b7-6-,11-8-,19-18+/t20-,22+/m0/s1. The van der Waals surface area contributed by atoms with Gasteiger partial charge < -0.3 is 10.2 Å². The number of hydrogen-bond acceptors (Lipinski definition) is 2. The van der Waals surface area contributed by atoms with Crippen LogP contribution in [0.1, 0.15) is 84.0 Å². The van der Waals surface area contributed by atoms with Crippen LogP contribution in [-0.4, -0.2) is 22.3 Å². The molecule has 1 aliphatic rings. The van der Waals surface area contributed by atoms with Crippen LogP contribution < -0.4 is 0 Å². The van der Waals surface area contributed by atoms with Gasteiger partial charge in [0.15, 0.2) is 0 Å². The van der Waals surface area contributed by atoms with E-state index >= 15 is 0 Å². The Bertz CT molecular complexity index is 446. The van der Waals surface area contributed by atoms with Crippen LogP contribution in [0.15, 0.2) is 36.5 Å². The first-order valence-corrected chi connectivity index (χ1v) is 10.5. The number of aliphatic hydroxyl groups is 1. The average Bonchev–Trinajstić information content (AvgIpc) is 3.44. The first-order chi connectivity index (χ1) is 12.6. The fraction of sp³-hybridized carbons (Fsp3) is 0.696. The van der Waals surface area contributed by atoms with Crippen molar-refractivity contribution in [1.82, 2.24) is 0 Å². The first-order valence-electron chi connectivity index (χ1n) is 10.5. The van der Waals surface area contributed by atoms with Crippen LogP contribution in [0.4, 0.5) is 0 Å². The zero-order chi connectivity index (χ0) is 19.0. The number of carboxylic acid groups (broad SMARTS) is 1. The molecule has 0 spiro atoms. The van der Waals surface area contributed by atoms with Crippen molar-refractivity contribution < 1.29 is 15.0 Å². The lowest BCUT2D eigenvalue weighted by atomic mass is 9.96. The molecule has 0 radical (unpaired) electrons. The summed E-state index contributed by atoms with van der Waals surface area (Å²) in [5.41, 5.74) is 0. The highest BCUT2D eigenvalue weighted by molar-refractivity contribution is 5.66. The highest BCUT2D eigenvalue weighted by atomic mass is 16.4. The Morgan fingerprint density at radius 2 is 1.69 bits per heavy atom. The van der Waals surface area contributed by atoms with Gasteiger partial charge in [-0.15, -0.1) is 0 Å². The summed E-state index contributed by atoms with van der Waals surface area (Å²) in [6, 6.07) is 0. The zero-order valence-electron chi connectivity index (χ0n) is 16.5. The van der Waals surface area contributed by atoms with E-state index in [1.54, 1.807) is 0 Å². The molecule has 0 aromatic rings. The van der Waals surface area contributed by atoms with E-state index in [0.717, 1.165) is 18.8 Å². The Kier molecular flexibility index (Phi) is 12.9. The highest BCUT2D eigenvalue weighted by Gasteiger charge is 2.28. The highest BCUT2D eigenvalue weighted by Crippen LogP contribution is 2.40. The maximum absolute atomic E-state index is 10.4. The molecule has 1 fully saturated rings. The van der Waals surface area contributed by atoms with E-state index in [0.29, 0.717) is 18.8 Å². The summed E-state index contributed by atoms with van der Waals surface area (Å²) >= 11 is 0. The van der Waals surface area contributed by atoms with Gasteiger partial charge in [0.1, 0.15) is 0 Å². The molecule has 1 aliphatic carbocycles. The summed E-state index contributed by atoms with van der Waals surface area (Å²) in [4.78, 5) is 10.4. The Labute approximate surface area is 159 Å². The second kappa shape index (κ2) is 14.8. The first kappa shape index (κ1) is 22.7. The van der Waals surface area contributed by atoms with Gasteiger partial charge in [-0.05, 0) is 69.6 Å². The van der Waals surface area contributed by atoms with Crippen LogP contribution in [0.5, 0.6) is 0 Å². The molecule has 1 saturated carbocycles. The lowest BCUT2D eigenvalue weighted by Gasteiger charge is -2.11. The minimum atomic E-state index is -0.747. The van der Waals surface area contributed by atoms with Crippen LogP contribution in [0.3, 0.4) is 0 Å². The normalized spacial score (nSPS) is 17.5. The van der Waals surface area contributed by atoms with Crippen molar-refractivity contribution in [2.75, 3.05) is 0 Å². The van der Waals surface area contributed by atoms with Gasteiger partial charge >= 0.3 is 5.97 Å². The molecule has 1 rings (SSSR count). The van der Waals surface area contributed by atoms with E-state index < -0.39 is 12.1 Å². The van der Waals surface area contributed by atoms with Gasteiger partial charge in [0.05, 0.1) is 6.10 Å². The van der Waals surface area contributed by atoms with Crippen LogP contribution in [0.2, 0.25) is 0 Å². The van der Waals surface area contributed by atoms with Crippen LogP contribution in [-0.2, 0) is 4.79 Å². The van der Waals surface area contributed by atoms with Gasteiger partial charge in [0.2, 0.25) is 0 Å². The molecular formula is C23H38O3. The number of carbonyl (C=O) groups is 1. The third-order valence-corrected chi connectivity index (χ3v) is 4.92. The van der Waals surface area contributed by atoms with Crippen LogP contribution >= 0.6 is 0 Å². The van der Waals surface area contributed by atoms with Gasteiger partial charge in [0, 0.05) is 6.42 Å². The number of aliphatic carboxylic acids is 1. The molecule has 0 aromatic heterocycles. The molecule has 26 heavy (non-hydrogen) atoms. The smallest absolute Gasteiger partial charge is 0.303 e. The van der Waals surface area contributed by atoms with Gasteiger partial charge in [-0.25, -0.2) is 0 Å². The van der Waals surface area contributed by atoms with E-state index in [4.69, 9.17) is 5.11 Å². The molecule has 0 heterocycles. The second-order valence-corrected chi connectivity index (χ2v) is 7.49. The molecule has 0 amide bonds. The van der Waals surface area contributed by atoms with E-state index in [9.17, 15) is 9.90 Å². The van der Waals surface area contributed by atoms with Crippen molar-refractivity contribution in [3.63, 3.8) is 0 Å².